The number of rotatable bonds is 3. The fraction of sp³-hybridized carbons (Fsp3) is 0.474. The zero-order chi connectivity index (χ0) is 16.7. The molecule has 0 saturated carbocycles. The van der Waals surface area contributed by atoms with Crippen molar-refractivity contribution in [1.82, 2.24) is 15.2 Å². The smallest absolute Gasteiger partial charge is 0.273 e. The second kappa shape index (κ2) is 6.30. The van der Waals surface area contributed by atoms with Crippen LogP contribution in [0.15, 0.2) is 29.6 Å². The Kier molecular flexibility index (Phi) is 4.14. The predicted octanol–water partition coefficient (Wildman–Crippen LogP) is 3.47. The van der Waals surface area contributed by atoms with E-state index >= 15 is 0 Å². The van der Waals surface area contributed by atoms with E-state index in [2.05, 4.69) is 29.4 Å². The molecule has 2 aromatic rings. The van der Waals surface area contributed by atoms with Crippen LogP contribution in [0.4, 0.5) is 0 Å². The number of nitrogens with zero attached hydrogens (tertiary/aromatic N) is 2. The zero-order valence-electron chi connectivity index (χ0n) is 14.2. The van der Waals surface area contributed by atoms with E-state index in [4.69, 9.17) is 0 Å². The largest absolute Gasteiger partial charge is 0.337 e. The molecule has 1 amide bonds. The van der Waals surface area contributed by atoms with E-state index in [0.29, 0.717) is 23.8 Å². The minimum atomic E-state index is 0.0531. The molecule has 5 heteroatoms. The number of thiazole rings is 1. The maximum absolute atomic E-state index is 12.9. The summed E-state index contributed by atoms with van der Waals surface area (Å²) in [4.78, 5) is 19.4. The highest BCUT2D eigenvalue weighted by atomic mass is 32.1. The highest BCUT2D eigenvalue weighted by molar-refractivity contribution is 7.13. The molecule has 2 unspecified atom stereocenters. The summed E-state index contributed by atoms with van der Waals surface area (Å²) in [5.74, 6) is 0.0531. The van der Waals surface area contributed by atoms with Crippen molar-refractivity contribution in [3.05, 3.63) is 40.9 Å². The van der Waals surface area contributed by atoms with Crippen LogP contribution in [0.2, 0.25) is 0 Å². The molecule has 0 aliphatic carbocycles. The zero-order valence-corrected chi connectivity index (χ0v) is 15.0. The van der Waals surface area contributed by atoms with Gasteiger partial charge in [0, 0.05) is 36.1 Å². The van der Waals surface area contributed by atoms with Crippen molar-refractivity contribution in [3.63, 3.8) is 0 Å². The van der Waals surface area contributed by atoms with Gasteiger partial charge in [-0.2, -0.15) is 0 Å². The van der Waals surface area contributed by atoms with E-state index in [1.165, 1.54) is 18.4 Å². The van der Waals surface area contributed by atoms with Crippen molar-refractivity contribution in [2.24, 2.45) is 0 Å². The number of benzene rings is 1. The van der Waals surface area contributed by atoms with Crippen LogP contribution in [0.25, 0.3) is 10.6 Å². The lowest BCUT2D eigenvalue weighted by atomic mass is 9.98. The van der Waals surface area contributed by atoms with Gasteiger partial charge in [0.15, 0.2) is 0 Å². The second-order valence-electron chi connectivity index (χ2n) is 7.03. The standard InChI is InChI=1S/C19H23N3OS/c1-12-5-3-4-6-16(12)18-21-17(11-24-18)19(23)22(2)15-9-13-7-8-14(10-15)20-13/h3-6,11,13-15,20H,7-10H2,1-2H3. The van der Waals surface area contributed by atoms with Gasteiger partial charge in [-0.3, -0.25) is 4.79 Å². The SMILES string of the molecule is Cc1ccccc1-c1nc(C(=O)N(C)C2CC3CCC(C2)N3)cs1. The molecule has 2 bridgehead atoms. The fourth-order valence-corrected chi connectivity index (χ4v) is 4.88. The van der Waals surface area contributed by atoms with Crippen molar-refractivity contribution in [2.45, 2.75) is 50.7 Å². The number of aromatic nitrogens is 1. The Hall–Kier alpha value is -1.72. The highest BCUT2D eigenvalue weighted by Gasteiger charge is 2.36. The summed E-state index contributed by atoms with van der Waals surface area (Å²) in [7, 11) is 1.94. The molecule has 24 heavy (non-hydrogen) atoms. The van der Waals surface area contributed by atoms with Crippen molar-refractivity contribution in [1.29, 1.82) is 0 Å². The molecule has 0 spiro atoms. The van der Waals surface area contributed by atoms with E-state index in [-0.39, 0.29) is 5.91 Å². The van der Waals surface area contributed by atoms with Crippen molar-refractivity contribution in [3.8, 4) is 10.6 Å². The second-order valence-corrected chi connectivity index (χ2v) is 7.89. The molecule has 1 aromatic carbocycles. The van der Waals surface area contributed by atoms with Crippen LogP contribution in [-0.2, 0) is 0 Å². The van der Waals surface area contributed by atoms with Crippen LogP contribution < -0.4 is 5.32 Å². The van der Waals surface area contributed by atoms with Crippen molar-refractivity contribution < 1.29 is 4.79 Å². The van der Waals surface area contributed by atoms with E-state index in [9.17, 15) is 4.79 Å². The third-order valence-corrected chi connectivity index (χ3v) is 6.29. The fourth-order valence-electron chi connectivity index (χ4n) is 4.00. The molecule has 2 aliphatic heterocycles. The molecule has 1 N–H and O–H groups in total. The highest BCUT2D eigenvalue weighted by Crippen LogP contribution is 2.31. The van der Waals surface area contributed by atoms with Crippen LogP contribution >= 0.6 is 11.3 Å². The van der Waals surface area contributed by atoms with Gasteiger partial charge >= 0.3 is 0 Å². The normalized spacial score (nSPS) is 25.7. The molecule has 4 nitrogen and oxygen atoms in total. The van der Waals surface area contributed by atoms with E-state index in [1.54, 1.807) is 11.3 Å². The third-order valence-electron chi connectivity index (χ3n) is 5.42. The van der Waals surface area contributed by atoms with Crippen molar-refractivity contribution in [2.75, 3.05) is 7.05 Å². The Bertz CT molecular complexity index is 745. The first-order valence-corrected chi connectivity index (χ1v) is 9.54. The molecule has 1 aromatic heterocycles. The van der Waals surface area contributed by atoms with Crippen LogP contribution in [0.1, 0.15) is 41.7 Å². The van der Waals surface area contributed by atoms with Crippen LogP contribution in [-0.4, -0.2) is 41.0 Å². The quantitative estimate of drug-likeness (QED) is 0.930. The van der Waals surface area contributed by atoms with E-state index < -0.39 is 0 Å². The van der Waals surface area contributed by atoms with Gasteiger partial charge in [-0.1, -0.05) is 24.3 Å². The van der Waals surface area contributed by atoms with Crippen LogP contribution in [0, 0.1) is 6.92 Å². The number of carbonyl (C=O) groups excluding carboxylic acids is 1. The van der Waals surface area contributed by atoms with Crippen molar-refractivity contribution >= 4 is 17.2 Å². The number of hydrogen-bond donors (Lipinski definition) is 1. The Balaban J connectivity index is 1.52. The van der Waals surface area contributed by atoms with Gasteiger partial charge in [0.1, 0.15) is 10.7 Å². The first kappa shape index (κ1) is 15.8. The molecule has 126 valence electrons. The maximum Gasteiger partial charge on any atom is 0.273 e. The Morgan fingerprint density at radius 2 is 1.96 bits per heavy atom. The van der Waals surface area contributed by atoms with E-state index in [1.807, 2.05) is 29.5 Å². The summed E-state index contributed by atoms with van der Waals surface area (Å²) in [6, 6.07) is 9.69. The number of aryl methyl sites for hydroxylation is 1. The lowest BCUT2D eigenvalue weighted by molar-refractivity contribution is 0.0676. The average molecular weight is 341 g/mol. The summed E-state index contributed by atoms with van der Waals surface area (Å²) in [6.45, 7) is 2.08. The number of nitrogens with one attached hydrogen (secondary N) is 1. The first-order chi connectivity index (χ1) is 11.6. The molecular formula is C19H23N3OS. The number of carbonyl (C=O) groups is 1. The molecule has 4 rings (SSSR count). The number of hydrogen-bond acceptors (Lipinski definition) is 4. The van der Waals surface area contributed by atoms with E-state index in [0.717, 1.165) is 23.4 Å². The minimum Gasteiger partial charge on any atom is -0.337 e. The summed E-state index contributed by atoms with van der Waals surface area (Å²) >= 11 is 1.55. The summed E-state index contributed by atoms with van der Waals surface area (Å²) < 4.78 is 0. The third kappa shape index (κ3) is 2.87. The summed E-state index contributed by atoms with van der Waals surface area (Å²) in [5, 5.41) is 6.46. The Morgan fingerprint density at radius 1 is 1.25 bits per heavy atom. The molecule has 2 fully saturated rings. The Morgan fingerprint density at radius 3 is 2.67 bits per heavy atom. The lowest BCUT2D eigenvalue weighted by Gasteiger charge is -2.35. The monoisotopic (exact) mass is 341 g/mol. The lowest BCUT2D eigenvalue weighted by Crippen LogP contribution is -2.48. The molecule has 2 aliphatic rings. The van der Waals surface area contributed by atoms with Crippen LogP contribution in [0.5, 0.6) is 0 Å². The number of amides is 1. The Labute approximate surface area is 146 Å². The molecule has 2 atom stereocenters. The van der Waals surface area contributed by atoms with Gasteiger partial charge < -0.3 is 10.2 Å². The van der Waals surface area contributed by atoms with Gasteiger partial charge in [0.2, 0.25) is 0 Å². The van der Waals surface area contributed by atoms with Gasteiger partial charge in [-0.05, 0) is 38.2 Å². The van der Waals surface area contributed by atoms with Gasteiger partial charge in [-0.15, -0.1) is 11.3 Å². The predicted molar refractivity (Wildman–Crippen MR) is 97.3 cm³/mol. The van der Waals surface area contributed by atoms with Gasteiger partial charge in [0.05, 0.1) is 0 Å². The minimum absolute atomic E-state index is 0.0531. The number of piperidine rings is 1. The van der Waals surface area contributed by atoms with Gasteiger partial charge in [-0.25, -0.2) is 4.98 Å². The topological polar surface area (TPSA) is 45.2 Å². The molecule has 3 heterocycles. The molecular weight excluding hydrogens is 318 g/mol. The average Bonchev–Trinajstić information content (AvgIpc) is 3.20. The maximum atomic E-state index is 12.9. The first-order valence-electron chi connectivity index (χ1n) is 8.66. The summed E-state index contributed by atoms with van der Waals surface area (Å²) in [5.41, 5.74) is 2.88. The number of fused-ring (bicyclic) bond motifs is 2. The van der Waals surface area contributed by atoms with Gasteiger partial charge in [0.25, 0.3) is 5.91 Å². The van der Waals surface area contributed by atoms with Crippen LogP contribution in [0.3, 0.4) is 0 Å². The summed E-state index contributed by atoms with van der Waals surface area (Å²) in [6.07, 6.45) is 4.62. The molecule has 2 saturated heterocycles. The molecule has 0 radical (unpaired) electrons.